The van der Waals surface area contributed by atoms with E-state index in [0.717, 1.165) is 12.0 Å². The van der Waals surface area contributed by atoms with E-state index in [0.29, 0.717) is 6.54 Å². The molecule has 0 aromatic heterocycles. The van der Waals surface area contributed by atoms with Gasteiger partial charge in [0.2, 0.25) is 0 Å². The predicted molar refractivity (Wildman–Crippen MR) is 73.1 cm³/mol. The number of aryl methyl sites for hydroxylation is 1. The number of nitrogens with two attached hydrogens (primary N) is 1. The topological polar surface area (TPSA) is 46.2 Å². The molecule has 0 saturated carbocycles. The lowest BCUT2D eigenvalue weighted by Crippen LogP contribution is -2.29. The summed E-state index contributed by atoms with van der Waals surface area (Å²) in [7, 11) is 0. The van der Waals surface area contributed by atoms with Crippen molar-refractivity contribution < 1.29 is 5.11 Å². The van der Waals surface area contributed by atoms with E-state index in [1.165, 1.54) is 5.56 Å². The molecule has 2 unspecified atom stereocenters. The van der Waals surface area contributed by atoms with Gasteiger partial charge in [0.05, 0.1) is 6.10 Å². The van der Waals surface area contributed by atoms with E-state index >= 15 is 0 Å². The second-order valence-corrected chi connectivity index (χ2v) is 6.09. The zero-order valence-corrected chi connectivity index (χ0v) is 11.4. The van der Waals surface area contributed by atoms with Crippen molar-refractivity contribution >= 4 is 0 Å². The van der Waals surface area contributed by atoms with Gasteiger partial charge >= 0.3 is 0 Å². The third kappa shape index (κ3) is 4.49. The maximum Gasteiger partial charge on any atom is 0.0625 e. The summed E-state index contributed by atoms with van der Waals surface area (Å²) in [5.74, 6) is 0.0369. The molecular formula is C15H25NO. The smallest absolute Gasteiger partial charge is 0.0625 e. The lowest BCUT2D eigenvalue weighted by molar-refractivity contribution is 0.0972. The van der Waals surface area contributed by atoms with Crippen LogP contribution in [0.3, 0.4) is 0 Å². The van der Waals surface area contributed by atoms with Crippen LogP contribution >= 0.6 is 0 Å². The highest BCUT2D eigenvalue weighted by molar-refractivity contribution is 5.25. The van der Waals surface area contributed by atoms with Gasteiger partial charge in [0.15, 0.2) is 0 Å². The van der Waals surface area contributed by atoms with Gasteiger partial charge in [-0.05, 0) is 24.3 Å². The molecule has 17 heavy (non-hydrogen) atoms. The minimum Gasteiger partial charge on any atom is -0.392 e. The van der Waals surface area contributed by atoms with Gasteiger partial charge in [-0.1, -0.05) is 50.6 Å². The van der Waals surface area contributed by atoms with Crippen LogP contribution in [0.1, 0.15) is 44.2 Å². The number of rotatable bonds is 4. The second kappa shape index (κ2) is 5.65. The molecule has 96 valence electrons. The van der Waals surface area contributed by atoms with Gasteiger partial charge in [-0.2, -0.15) is 0 Å². The SMILES string of the molecule is Cc1ccc(C(CN)C(O)CC(C)(C)C)cc1. The lowest BCUT2D eigenvalue weighted by atomic mass is 9.82. The lowest BCUT2D eigenvalue weighted by Gasteiger charge is -2.28. The van der Waals surface area contributed by atoms with Crippen LogP contribution in [-0.4, -0.2) is 17.8 Å². The highest BCUT2D eigenvalue weighted by Crippen LogP contribution is 2.28. The average molecular weight is 235 g/mol. The number of benzene rings is 1. The Morgan fingerprint density at radius 3 is 2.12 bits per heavy atom. The van der Waals surface area contributed by atoms with Crippen molar-refractivity contribution in [1.82, 2.24) is 0 Å². The molecule has 2 atom stereocenters. The molecule has 0 heterocycles. The van der Waals surface area contributed by atoms with Crippen molar-refractivity contribution in [3.63, 3.8) is 0 Å². The zero-order valence-electron chi connectivity index (χ0n) is 11.4. The maximum absolute atomic E-state index is 10.3. The van der Waals surface area contributed by atoms with Gasteiger partial charge in [-0.15, -0.1) is 0 Å². The van der Waals surface area contributed by atoms with Gasteiger partial charge in [0, 0.05) is 12.5 Å². The van der Waals surface area contributed by atoms with Gasteiger partial charge in [0.25, 0.3) is 0 Å². The number of hydrogen-bond donors (Lipinski definition) is 2. The molecule has 0 radical (unpaired) electrons. The van der Waals surface area contributed by atoms with Gasteiger partial charge < -0.3 is 10.8 Å². The maximum atomic E-state index is 10.3. The monoisotopic (exact) mass is 235 g/mol. The Hall–Kier alpha value is -0.860. The van der Waals surface area contributed by atoms with E-state index in [1.807, 2.05) is 0 Å². The quantitative estimate of drug-likeness (QED) is 0.843. The molecule has 0 saturated heterocycles. The van der Waals surface area contributed by atoms with Crippen LogP contribution in [0.4, 0.5) is 0 Å². The molecule has 2 nitrogen and oxygen atoms in total. The summed E-state index contributed by atoms with van der Waals surface area (Å²) in [6.45, 7) is 8.96. The van der Waals surface area contributed by atoms with Gasteiger partial charge in [0.1, 0.15) is 0 Å². The van der Waals surface area contributed by atoms with Gasteiger partial charge in [-0.25, -0.2) is 0 Å². The zero-order chi connectivity index (χ0) is 13.1. The van der Waals surface area contributed by atoms with Crippen molar-refractivity contribution in [2.45, 2.75) is 46.1 Å². The first kappa shape index (κ1) is 14.2. The standard InChI is InChI=1S/C15H25NO/c1-11-5-7-12(8-6-11)13(10-16)14(17)9-15(2,3)4/h5-8,13-14,17H,9-10,16H2,1-4H3. The van der Waals surface area contributed by atoms with Crippen molar-refractivity contribution in [2.75, 3.05) is 6.54 Å². The number of aliphatic hydroxyl groups is 1. The van der Waals surface area contributed by atoms with Crippen LogP contribution < -0.4 is 5.73 Å². The summed E-state index contributed by atoms with van der Waals surface area (Å²) < 4.78 is 0. The summed E-state index contributed by atoms with van der Waals surface area (Å²) in [5, 5.41) is 10.3. The molecule has 0 bridgehead atoms. The molecule has 1 aromatic rings. The minimum atomic E-state index is -0.372. The Labute approximate surface area is 105 Å². The van der Waals surface area contributed by atoms with Crippen LogP contribution in [-0.2, 0) is 0 Å². The van der Waals surface area contributed by atoms with E-state index in [9.17, 15) is 5.11 Å². The summed E-state index contributed by atoms with van der Waals surface area (Å²) in [6.07, 6.45) is 0.394. The second-order valence-electron chi connectivity index (χ2n) is 6.09. The van der Waals surface area contributed by atoms with Crippen LogP contribution in [0.2, 0.25) is 0 Å². The molecule has 0 spiro atoms. The van der Waals surface area contributed by atoms with E-state index in [-0.39, 0.29) is 17.4 Å². The van der Waals surface area contributed by atoms with Crippen molar-refractivity contribution in [3.05, 3.63) is 35.4 Å². The predicted octanol–water partition coefficient (Wildman–Crippen LogP) is 2.83. The molecular weight excluding hydrogens is 210 g/mol. The molecule has 0 amide bonds. The minimum absolute atomic E-state index is 0.0369. The molecule has 0 fully saturated rings. The van der Waals surface area contributed by atoms with E-state index < -0.39 is 0 Å². The Bertz CT molecular complexity index is 337. The number of aliphatic hydroxyl groups excluding tert-OH is 1. The van der Waals surface area contributed by atoms with E-state index in [2.05, 4.69) is 52.0 Å². The molecule has 3 N–H and O–H groups in total. The Kier molecular flexibility index (Phi) is 4.72. The fourth-order valence-electron chi connectivity index (χ4n) is 2.10. The van der Waals surface area contributed by atoms with Crippen molar-refractivity contribution in [1.29, 1.82) is 0 Å². The van der Waals surface area contributed by atoms with Crippen LogP contribution in [0.5, 0.6) is 0 Å². The fourth-order valence-corrected chi connectivity index (χ4v) is 2.10. The van der Waals surface area contributed by atoms with Crippen LogP contribution in [0.25, 0.3) is 0 Å². The Morgan fingerprint density at radius 2 is 1.71 bits per heavy atom. The van der Waals surface area contributed by atoms with Crippen molar-refractivity contribution in [2.24, 2.45) is 11.1 Å². The molecule has 0 aliphatic heterocycles. The third-order valence-electron chi connectivity index (χ3n) is 3.05. The van der Waals surface area contributed by atoms with Crippen LogP contribution in [0.15, 0.2) is 24.3 Å². The highest BCUT2D eigenvalue weighted by Gasteiger charge is 2.24. The van der Waals surface area contributed by atoms with Gasteiger partial charge in [-0.3, -0.25) is 0 Å². The summed E-state index contributed by atoms with van der Waals surface area (Å²) >= 11 is 0. The molecule has 1 aromatic carbocycles. The van der Waals surface area contributed by atoms with E-state index in [1.54, 1.807) is 0 Å². The first-order chi connectivity index (χ1) is 7.83. The molecule has 2 heteroatoms. The van der Waals surface area contributed by atoms with E-state index in [4.69, 9.17) is 5.73 Å². The Balaban J connectivity index is 2.80. The summed E-state index contributed by atoms with van der Waals surface area (Å²) in [4.78, 5) is 0. The summed E-state index contributed by atoms with van der Waals surface area (Å²) in [5.41, 5.74) is 8.29. The summed E-state index contributed by atoms with van der Waals surface area (Å²) in [6, 6.07) is 8.28. The van der Waals surface area contributed by atoms with Crippen LogP contribution in [0, 0.1) is 12.3 Å². The molecule has 0 aliphatic rings. The fraction of sp³-hybridized carbons (Fsp3) is 0.600. The molecule has 0 aliphatic carbocycles. The normalized spacial score (nSPS) is 15.6. The molecule has 1 rings (SSSR count). The first-order valence-electron chi connectivity index (χ1n) is 6.28. The number of hydrogen-bond acceptors (Lipinski definition) is 2. The van der Waals surface area contributed by atoms with Crippen molar-refractivity contribution in [3.8, 4) is 0 Å². The largest absolute Gasteiger partial charge is 0.392 e. The third-order valence-corrected chi connectivity index (χ3v) is 3.05. The first-order valence-corrected chi connectivity index (χ1v) is 6.28. The Morgan fingerprint density at radius 1 is 1.18 bits per heavy atom. The highest BCUT2D eigenvalue weighted by atomic mass is 16.3. The average Bonchev–Trinajstić information content (AvgIpc) is 2.19.